The number of aromatic nitrogens is 5. The van der Waals surface area contributed by atoms with Gasteiger partial charge in [-0.2, -0.15) is 5.10 Å². The molecule has 32 heavy (non-hydrogen) atoms. The molecule has 1 aliphatic rings. The van der Waals surface area contributed by atoms with Crippen molar-refractivity contribution in [1.29, 1.82) is 0 Å². The van der Waals surface area contributed by atoms with Crippen molar-refractivity contribution in [3.63, 3.8) is 0 Å². The third-order valence-electron chi connectivity index (χ3n) is 5.86. The average molecular weight is 470 g/mol. The van der Waals surface area contributed by atoms with Crippen LogP contribution in [0.4, 0.5) is 0 Å². The van der Waals surface area contributed by atoms with Crippen LogP contribution in [-0.4, -0.2) is 30.8 Å². The highest BCUT2D eigenvalue weighted by atomic mass is 35.5. The van der Waals surface area contributed by atoms with Gasteiger partial charge in [-0.15, -0.1) is 0 Å². The number of fused-ring (bicyclic) bond motifs is 1. The van der Waals surface area contributed by atoms with Gasteiger partial charge in [0.05, 0.1) is 23.7 Å². The van der Waals surface area contributed by atoms with E-state index < -0.39 is 0 Å². The molecule has 0 aliphatic carbocycles. The molecule has 5 rings (SSSR count). The van der Waals surface area contributed by atoms with Gasteiger partial charge < -0.3 is 4.74 Å². The van der Waals surface area contributed by atoms with Crippen LogP contribution in [0.15, 0.2) is 47.7 Å². The van der Waals surface area contributed by atoms with Crippen LogP contribution in [0.3, 0.4) is 0 Å². The van der Waals surface area contributed by atoms with Crippen molar-refractivity contribution in [2.45, 2.75) is 31.8 Å². The Hall–Kier alpha value is -2.74. The maximum atomic E-state index is 13.0. The van der Waals surface area contributed by atoms with Crippen LogP contribution in [0.5, 0.6) is 0 Å². The van der Waals surface area contributed by atoms with Crippen LogP contribution in [0.1, 0.15) is 41.8 Å². The fourth-order valence-electron chi connectivity index (χ4n) is 4.15. The summed E-state index contributed by atoms with van der Waals surface area (Å²) >= 11 is 12.3. The normalized spacial score (nSPS) is 18.9. The third-order valence-corrected chi connectivity index (χ3v) is 6.54. The topological polar surface area (TPSA) is 74.3 Å². The first-order valence-corrected chi connectivity index (χ1v) is 11.1. The highest BCUT2D eigenvalue weighted by molar-refractivity contribution is 6.31. The molecule has 3 aromatic heterocycles. The molecule has 1 saturated heterocycles. The lowest BCUT2D eigenvalue weighted by Gasteiger charge is -2.29. The minimum atomic E-state index is -0.302. The Labute approximate surface area is 194 Å². The van der Waals surface area contributed by atoms with Crippen LogP contribution in [0.25, 0.3) is 16.9 Å². The van der Waals surface area contributed by atoms with Gasteiger partial charge in [0.25, 0.3) is 5.56 Å². The van der Waals surface area contributed by atoms with Gasteiger partial charge in [0.2, 0.25) is 0 Å². The number of ether oxygens (including phenoxy) is 1. The summed E-state index contributed by atoms with van der Waals surface area (Å²) in [5.74, 6) is 0.108. The smallest absolute Gasteiger partial charge is 0.277 e. The Morgan fingerprint density at radius 1 is 1.12 bits per heavy atom. The summed E-state index contributed by atoms with van der Waals surface area (Å²) in [6, 6.07) is 7.37. The first-order valence-electron chi connectivity index (χ1n) is 10.4. The second-order valence-electron chi connectivity index (χ2n) is 8.06. The highest BCUT2D eigenvalue weighted by Gasteiger charge is 2.28. The fraction of sp³-hybridized carbons (Fsp3) is 0.304. The lowest BCUT2D eigenvalue weighted by Crippen LogP contribution is -2.23. The minimum absolute atomic E-state index is 0.0737. The van der Waals surface area contributed by atoms with Crippen LogP contribution in [0, 0.1) is 6.92 Å². The molecule has 0 amide bonds. The summed E-state index contributed by atoms with van der Waals surface area (Å²) < 4.78 is 9.28. The van der Waals surface area contributed by atoms with Gasteiger partial charge in [-0.1, -0.05) is 35.3 Å². The van der Waals surface area contributed by atoms with E-state index in [4.69, 9.17) is 32.9 Å². The Balaban J connectivity index is 1.64. The Morgan fingerprint density at radius 2 is 1.91 bits per heavy atom. The molecule has 0 radical (unpaired) electrons. The van der Waals surface area contributed by atoms with E-state index in [2.05, 4.69) is 10.1 Å². The van der Waals surface area contributed by atoms with Gasteiger partial charge in [0.15, 0.2) is 5.65 Å². The maximum Gasteiger partial charge on any atom is 0.277 e. The molecule has 0 saturated carbocycles. The molecule has 0 N–H and O–H groups in total. The van der Waals surface area contributed by atoms with Gasteiger partial charge in [0, 0.05) is 48.1 Å². The highest BCUT2D eigenvalue weighted by Crippen LogP contribution is 2.37. The van der Waals surface area contributed by atoms with E-state index in [-0.39, 0.29) is 22.6 Å². The third kappa shape index (κ3) is 3.81. The zero-order valence-corrected chi connectivity index (χ0v) is 19.1. The zero-order valence-electron chi connectivity index (χ0n) is 17.6. The number of hydrogen-bond donors (Lipinski definition) is 0. The van der Waals surface area contributed by atoms with E-state index in [0.29, 0.717) is 28.7 Å². The van der Waals surface area contributed by atoms with Crippen molar-refractivity contribution in [3.8, 4) is 11.3 Å². The first kappa shape index (κ1) is 21.1. The molecule has 1 aromatic carbocycles. The zero-order chi connectivity index (χ0) is 22.4. The lowest BCUT2D eigenvalue weighted by atomic mass is 9.90. The number of rotatable bonds is 3. The monoisotopic (exact) mass is 469 g/mol. The number of halogens is 2. The van der Waals surface area contributed by atoms with Crippen molar-refractivity contribution >= 4 is 28.8 Å². The molecule has 4 aromatic rings. The van der Waals surface area contributed by atoms with Crippen LogP contribution in [0.2, 0.25) is 10.0 Å². The first-order chi connectivity index (χ1) is 15.4. The Kier molecular flexibility index (Phi) is 5.49. The minimum Gasteiger partial charge on any atom is -0.373 e. The molecule has 0 spiro atoms. The van der Waals surface area contributed by atoms with E-state index in [1.54, 1.807) is 29.9 Å². The molecular formula is C23H21Cl2N5O2. The number of hydrogen-bond acceptors (Lipinski definition) is 5. The van der Waals surface area contributed by atoms with Crippen molar-refractivity contribution < 1.29 is 4.74 Å². The van der Waals surface area contributed by atoms with Gasteiger partial charge in [0.1, 0.15) is 10.7 Å². The largest absolute Gasteiger partial charge is 0.373 e. The summed E-state index contributed by atoms with van der Waals surface area (Å²) in [6.45, 7) is 2.32. The average Bonchev–Trinajstić information content (AvgIpc) is 3.24. The summed E-state index contributed by atoms with van der Waals surface area (Å²) in [6.07, 6.45) is 7.04. The maximum absolute atomic E-state index is 13.0. The molecule has 7 nitrogen and oxygen atoms in total. The van der Waals surface area contributed by atoms with E-state index >= 15 is 0 Å². The van der Waals surface area contributed by atoms with Crippen LogP contribution >= 0.6 is 23.2 Å². The molecule has 0 bridgehead atoms. The number of benzene rings is 1. The molecule has 4 heterocycles. The van der Waals surface area contributed by atoms with Crippen molar-refractivity contribution in [3.05, 3.63) is 80.2 Å². The van der Waals surface area contributed by atoms with E-state index in [0.717, 1.165) is 29.7 Å². The second kappa shape index (κ2) is 8.31. The van der Waals surface area contributed by atoms with Gasteiger partial charge in [-0.3, -0.25) is 13.9 Å². The SMILES string of the molecule is Cc1nc2c(-c3ccc(Cl)cc3)nc([C@@H]3CCO[C@H](c4cnn(C)c4)C3)cn2c(=O)c1Cl. The summed E-state index contributed by atoms with van der Waals surface area (Å²) in [5, 5.41) is 5.00. The van der Waals surface area contributed by atoms with E-state index in [9.17, 15) is 4.79 Å². The quantitative estimate of drug-likeness (QED) is 0.433. The molecule has 1 aliphatic heterocycles. The van der Waals surface area contributed by atoms with E-state index in [1.807, 2.05) is 31.6 Å². The predicted octanol–water partition coefficient (Wildman–Crippen LogP) is 4.74. The number of aryl methyl sites for hydroxylation is 2. The summed E-state index contributed by atoms with van der Waals surface area (Å²) in [4.78, 5) is 22.6. The van der Waals surface area contributed by atoms with Gasteiger partial charge >= 0.3 is 0 Å². The van der Waals surface area contributed by atoms with Crippen LogP contribution in [-0.2, 0) is 11.8 Å². The molecule has 1 fully saturated rings. The van der Waals surface area contributed by atoms with Crippen molar-refractivity contribution in [1.82, 2.24) is 24.1 Å². The van der Waals surface area contributed by atoms with Crippen molar-refractivity contribution in [2.75, 3.05) is 6.61 Å². The molecule has 0 unspecified atom stereocenters. The number of nitrogens with zero attached hydrogens (tertiary/aromatic N) is 5. The summed E-state index contributed by atoms with van der Waals surface area (Å²) in [7, 11) is 1.89. The Bertz CT molecular complexity index is 1360. The fourth-order valence-corrected chi connectivity index (χ4v) is 4.41. The van der Waals surface area contributed by atoms with Crippen molar-refractivity contribution in [2.24, 2.45) is 7.05 Å². The molecule has 9 heteroatoms. The molecule has 2 atom stereocenters. The van der Waals surface area contributed by atoms with Crippen LogP contribution < -0.4 is 5.56 Å². The van der Waals surface area contributed by atoms with E-state index in [1.165, 1.54) is 4.40 Å². The van der Waals surface area contributed by atoms with Gasteiger partial charge in [-0.05, 0) is 31.9 Å². The molecule has 164 valence electrons. The Morgan fingerprint density at radius 3 is 2.62 bits per heavy atom. The van der Waals surface area contributed by atoms with Gasteiger partial charge in [-0.25, -0.2) is 9.97 Å². The second-order valence-corrected chi connectivity index (χ2v) is 8.87. The predicted molar refractivity (Wildman–Crippen MR) is 123 cm³/mol. The lowest BCUT2D eigenvalue weighted by molar-refractivity contribution is 0.00456. The standard InChI is InChI=1S/C23H21Cl2N5O2/c1-13-20(25)23(31)30-12-18(15-7-8-32-19(9-15)16-10-26-29(2)11-16)28-21(22(30)27-13)14-3-5-17(24)6-4-14/h3-6,10-12,15,19H,7-9H2,1-2H3/t15-,19+/m1/s1. The molecular weight excluding hydrogens is 449 g/mol. The summed E-state index contributed by atoms with van der Waals surface area (Å²) in [5.41, 5.74) is 3.95.